The normalized spacial score (nSPS) is 11.6. The van der Waals surface area contributed by atoms with Crippen LogP contribution in [0.5, 0.6) is 0 Å². The van der Waals surface area contributed by atoms with Crippen molar-refractivity contribution in [2.24, 2.45) is 0 Å². The van der Waals surface area contributed by atoms with Gasteiger partial charge in [0.15, 0.2) is 4.34 Å². The molecule has 34 heavy (non-hydrogen) atoms. The maximum absolute atomic E-state index is 12.5. The second kappa shape index (κ2) is 13.9. The Bertz CT molecular complexity index is 1010. The van der Waals surface area contributed by atoms with Gasteiger partial charge in [0.1, 0.15) is 0 Å². The van der Waals surface area contributed by atoms with Crippen molar-refractivity contribution in [2.45, 2.75) is 95.2 Å². The van der Waals surface area contributed by atoms with E-state index in [1.165, 1.54) is 52.3 Å². The number of hydrogen-bond donors (Lipinski definition) is 1. The number of thiazole rings is 1. The van der Waals surface area contributed by atoms with Crippen LogP contribution in [0.25, 0.3) is 10.2 Å². The monoisotopic (exact) mass is 496 g/mol. The van der Waals surface area contributed by atoms with Gasteiger partial charge in [-0.2, -0.15) is 0 Å². The van der Waals surface area contributed by atoms with Crippen LogP contribution in [0.3, 0.4) is 0 Å². The fourth-order valence-electron chi connectivity index (χ4n) is 4.09. The van der Waals surface area contributed by atoms with Crippen molar-refractivity contribution in [3.63, 3.8) is 0 Å². The molecular formula is C29H40N2OS2. The molecule has 184 valence electrons. The topological polar surface area (TPSA) is 42.0 Å². The van der Waals surface area contributed by atoms with E-state index in [-0.39, 0.29) is 5.91 Å². The summed E-state index contributed by atoms with van der Waals surface area (Å²) in [6.07, 6.45) is 9.02. The first-order chi connectivity index (χ1) is 16.4. The third-order valence-electron chi connectivity index (χ3n) is 6.19. The fraction of sp³-hybridized carbons (Fsp3) is 0.517. The number of hydrogen-bond acceptors (Lipinski definition) is 4. The van der Waals surface area contributed by atoms with E-state index in [0.717, 1.165) is 29.8 Å². The van der Waals surface area contributed by atoms with E-state index in [1.807, 2.05) is 11.8 Å². The van der Waals surface area contributed by atoms with Crippen molar-refractivity contribution in [1.82, 2.24) is 4.98 Å². The molecule has 3 aromatic rings. The zero-order chi connectivity index (χ0) is 24.3. The van der Waals surface area contributed by atoms with Gasteiger partial charge in [-0.3, -0.25) is 4.79 Å². The minimum absolute atomic E-state index is 0.145. The van der Waals surface area contributed by atoms with Crippen LogP contribution in [0.15, 0.2) is 46.8 Å². The Balaban J connectivity index is 1.24. The molecule has 1 amide bonds. The molecule has 0 atom stereocenters. The third kappa shape index (κ3) is 8.42. The Labute approximate surface area is 214 Å². The molecule has 0 radical (unpaired) electrons. The molecule has 0 saturated carbocycles. The lowest BCUT2D eigenvalue weighted by molar-refractivity contribution is -0.116. The van der Waals surface area contributed by atoms with Crippen molar-refractivity contribution < 1.29 is 4.79 Å². The average Bonchev–Trinajstić information content (AvgIpc) is 3.23. The van der Waals surface area contributed by atoms with Gasteiger partial charge in [-0.05, 0) is 54.0 Å². The molecule has 0 spiro atoms. The lowest BCUT2D eigenvalue weighted by Crippen LogP contribution is -2.13. The van der Waals surface area contributed by atoms with Crippen molar-refractivity contribution in [2.75, 3.05) is 11.1 Å². The van der Waals surface area contributed by atoms with Gasteiger partial charge in [-0.15, -0.1) is 11.3 Å². The van der Waals surface area contributed by atoms with Crippen LogP contribution in [0.1, 0.15) is 102 Å². The van der Waals surface area contributed by atoms with E-state index in [9.17, 15) is 4.79 Å². The highest BCUT2D eigenvalue weighted by Crippen LogP contribution is 2.30. The van der Waals surface area contributed by atoms with Crippen LogP contribution in [0.2, 0.25) is 0 Å². The maximum Gasteiger partial charge on any atom is 0.224 e. The van der Waals surface area contributed by atoms with Gasteiger partial charge in [0.25, 0.3) is 0 Å². The van der Waals surface area contributed by atoms with Crippen molar-refractivity contribution in [3.8, 4) is 0 Å². The summed E-state index contributed by atoms with van der Waals surface area (Å²) in [5.41, 5.74) is 4.67. The van der Waals surface area contributed by atoms with Gasteiger partial charge < -0.3 is 5.32 Å². The first-order valence-corrected chi connectivity index (χ1v) is 14.7. The van der Waals surface area contributed by atoms with Crippen molar-refractivity contribution in [1.29, 1.82) is 0 Å². The highest BCUT2D eigenvalue weighted by Gasteiger charge is 2.12. The maximum atomic E-state index is 12.5. The summed E-state index contributed by atoms with van der Waals surface area (Å²) in [6, 6.07) is 14.8. The number of nitrogens with one attached hydrogen (secondary N) is 1. The summed E-state index contributed by atoms with van der Waals surface area (Å²) in [4.78, 5) is 17.2. The lowest BCUT2D eigenvalue weighted by atomic mass is 9.94. The van der Waals surface area contributed by atoms with Gasteiger partial charge in [0.05, 0.1) is 10.2 Å². The molecule has 3 nitrogen and oxygen atoms in total. The predicted octanol–water partition coefficient (Wildman–Crippen LogP) is 9.39. The third-order valence-corrected chi connectivity index (χ3v) is 8.45. The molecule has 0 aliphatic heterocycles. The van der Waals surface area contributed by atoms with Gasteiger partial charge in [0, 0.05) is 17.9 Å². The molecule has 0 aliphatic rings. The summed E-state index contributed by atoms with van der Waals surface area (Å²) in [6.45, 7) is 8.80. The summed E-state index contributed by atoms with van der Waals surface area (Å²) in [7, 11) is 0. The Morgan fingerprint density at radius 3 is 2.32 bits per heavy atom. The van der Waals surface area contributed by atoms with Gasteiger partial charge in [0.2, 0.25) is 5.91 Å². The minimum atomic E-state index is 0.145. The van der Waals surface area contributed by atoms with E-state index in [4.69, 9.17) is 4.98 Å². The van der Waals surface area contributed by atoms with Crippen molar-refractivity contribution in [3.05, 3.63) is 53.6 Å². The van der Waals surface area contributed by atoms with Crippen LogP contribution in [-0.4, -0.2) is 16.6 Å². The number of aromatic nitrogens is 1. The number of benzene rings is 2. The average molecular weight is 497 g/mol. The highest BCUT2D eigenvalue weighted by atomic mass is 32.2. The number of carbonyl (C=O) groups excluding carboxylic acids is 1. The summed E-state index contributed by atoms with van der Waals surface area (Å²) in [5, 5.41) is 3.16. The van der Waals surface area contributed by atoms with E-state index in [0.29, 0.717) is 18.3 Å². The van der Waals surface area contributed by atoms with Gasteiger partial charge in [-0.25, -0.2) is 4.98 Å². The first-order valence-electron chi connectivity index (χ1n) is 12.9. The standard InChI is InChI=1S/C29H40N2OS2/c1-21(2)23-17-18-25(24(20-23)22(3)4)30-28(32)16-10-8-6-5-7-9-13-19-33-29-31-26-14-11-12-15-27(26)34-29/h11-12,14-15,17-18,20-22H,5-10,13,16,19H2,1-4H3,(H,30,32). The summed E-state index contributed by atoms with van der Waals surface area (Å²) >= 11 is 3.69. The van der Waals surface area contributed by atoms with Crippen LogP contribution < -0.4 is 5.32 Å². The molecule has 0 aliphatic carbocycles. The molecule has 3 rings (SSSR count). The molecular weight excluding hydrogens is 456 g/mol. The SMILES string of the molecule is CC(C)c1ccc(NC(=O)CCCCCCCCCSc2nc3ccccc3s2)c(C(C)C)c1. The van der Waals surface area contributed by atoms with Crippen LogP contribution >= 0.6 is 23.1 Å². The highest BCUT2D eigenvalue weighted by molar-refractivity contribution is 8.01. The van der Waals surface area contributed by atoms with E-state index < -0.39 is 0 Å². The molecule has 0 saturated heterocycles. The second-order valence-electron chi connectivity index (χ2n) is 9.73. The Morgan fingerprint density at radius 2 is 1.62 bits per heavy atom. The van der Waals surface area contributed by atoms with Gasteiger partial charge >= 0.3 is 0 Å². The lowest BCUT2D eigenvalue weighted by Gasteiger charge is -2.17. The smallest absolute Gasteiger partial charge is 0.224 e. The molecule has 2 aromatic carbocycles. The molecule has 1 heterocycles. The number of nitrogens with zero attached hydrogens (tertiary/aromatic N) is 1. The Morgan fingerprint density at radius 1 is 0.912 bits per heavy atom. The summed E-state index contributed by atoms with van der Waals surface area (Å²) in [5.74, 6) is 2.19. The van der Waals surface area contributed by atoms with E-state index in [2.05, 4.69) is 75.5 Å². The number of amides is 1. The molecule has 1 aromatic heterocycles. The number of unbranched alkanes of at least 4 members (excludes halogenated alkanes) is 6. The molecule has 5 heteroatoms. The van der Waals surface area contributed by atoms with Gasteiger partial charge in [-0.1, -0.05) is 95.8 Å². The predicted molar refractivity (Wildman–Crippen MR) is 151 cm³/mol. The van der Waals surface area contributed by atoms with E-state index in [1.54, 1.807) is 11.3 Å². The first kappa shape index (κ1) is 26.7. The number of fused-ring (bicyclic) bond motifs is 1. The van der Waals surface area contributed by atoms with Crippen LogP contribution in [0, 0.1) is 0 Å². The largest absolute Gasteiger partial charge is 0.326 e. The molecule has 0 unspecified atom stereocenters. The van der Waals surface area contributed by atoms with Crippen LogP contribution in [-0.2, 0) is 4.79 Å². The Kier molecular flexibility index (Phi) is 10.9. The number of rotatable bonds is 14. The number of para-hydroxylation sites is 1. The zero-order valence-corrected chi connectivity index (χ0v) is 22.9. The molecule has 0 bridgehead atoms. The molecule has 0 fully saturated rings. The second-order valence-corrected chi connectivity index (χ2v) is 12.1. The number of carbonyl (C=O) groups is 1. The van der Waals surface area contributed by atoms with Crippen LogP contribution in [0.4, 0.5) is 5.69 Å². The zero-order valence-electron chi connectivity index (χ0n) is 21.2. The Hall–Kier alpha value is -1.85. The quantitative estimate of drug-likeness (QED) is 0.178. The molecule has 1 N–H and O–H groups in total. The van der Waals surface area contributed by atoms with E-state index >= 15 is 0 Å². The van der Waals surface area contributed by atoms with Crippen molar-refractivity contribution >= 4 is 44.9 Å². The minimum Gasteiger partial charge on any atom is -0.326 e. The summed E-state index contributed by atoms with van der Waals surface area (Å²) < 4.78 is 2.47. The number of thioether (sulfide) groups is 1. The fourth-order valence-corrected chi connectivity index (χ4v) is 6.23. The number of anilines is 1.